The van der Waals surface area contributed by atoms with Crippen LogP contribution in [-0.4, -0.2) is 64.1 Å². The molecule has 8 nitrogen and oxygen atoms in total. The van der Waals surface area contributed by atoms with E-state index in [1.807, 2.05) is 40.6 Å². The van der Waals surface area contributed by atoms with Crippen LogP contribution in [0.2, 0.25) is 0 Å². The predicted molar refractivity (Wildman–Crippen MR) is 137 cm³/mol. The number of likely N-dealkylation sites (tertiary alicyclic amines) is 1. The zero-order valence-corrected chi connectivity index (χ0v) is 21.2. The van der Waals surface area contributed by atoms with Crippen LogP contribution < -0.4 is 5.32 Å². The SMILES string of the molecule is CN1CCC(Cn2nc(C3=C(c4c[nH]c5sccc45)C(=O)NC3=O)c3ccccc32)CC1COC(F)(F)F. The number of imide groups is 1. The number of carbonyl (C=O) groups is 2. The highest BCUT2D eigenvalue weighted by atomic mass is 32.1. The molecule has 0 bridgehead atoms. The van der Waals surface area contributed by atoms with Crippen molar-refractivity contribution in [1.29, 1.82) is 0 Å². The summed E-state index contributed by atoms with van der Waals surface area (Å²) in [5.41, 5.74) is 2.34. The number of para-hydroxylation sites is 1. The number of thiophene rings is 1. The van der Waals surface area contributed by atoms with Crippen molar-refractivity contribution in [2.75, 3.05) is 20.2 Å². The van der Waals surface area contributed by atoms with Crippen molar-refractivity contribution in [1.82, 2.24) is 25.0 Å². The number of ether oxygens (including phenoxy) is 1. The number of likely N-dealkylation sites (N-methyl/N-ethyl adjacent to an activating group) is 1. The Kier molecular flexibility index (Phi) is 6.12. The third kappa shape index (κ3) is 4.42. The maximum Gasteiger partial charge on any atom is 0.522 e. The number of hydrogen-bond donors (Lipinski definition) is 2. The molecule has 0 radical (unpaired) electrons. The number of rotatable bonds is 6. The summed E-state index contributed by atoms with van der Waals surface area (Å²) in [4.78, 5) is 32.0. The summed E-state index contributed by atoms with van der Waals surface area (Å²) in [7, 11) is 1.80. The summed E-state index contributed by atoms with van der Waals surface area (Å²) in [5, 5.41) is 10.8. The van der Waals surface area contributed by atoms with Gasteiger partial charge in [0.15, 0.2) is 0 Å². The van der Waals surface area contributed by atoms with E-state index < -0.39 is 24.8 Å². The number of piperidine rings is 1. The Bertz CT molecular complexity index is 1580. The smallest absolute Gasteiger partial charge is 0.352 e. The van der Waals surface area contributed by atoms with Crippen molar-refractivity contribution in [2.24, 2.45) is 5.92 Å². The summed E-state index contributed by atoms with van der Waals surface area (Å²) in [6.07, 6.45) is -1.63. The first-order valence-electron chi connectivity index (χ1n) is 12.2. The second-order valence-electron chi connectivity index (χ2n) is 9.73. The highest BCUT2D eigenvalue weighted by molar-refractivity contribution is 7.16. The largest absolute Gasteiger partial charge is 0.522 e. The van der Waals surface area contributed by atoms with E-state index >= 15 is 0 Å². The molecule has 1 aromatic carbocycles. The van der Waals surface area contributed by atoms with Gasteiger partial charge in [-0.25, -0.2) is 0 Å². The minimum absolute atomic E-state index is 0.0618. The molecule has 4 aromatic rings. The number of fused-ring (bicyclic) bond motifs is 2. The molecule has 1 fully saturated rings. The van der Waals surface area contributed by atoms with Gasteiger partial charge < -0.3 is 9.88 Å². The highest BCUT2D eigenvalue weighted by Gasteiger charge is 2.37. The molecular weight excluding hydrogens is 519 g/mol. The average Bonchev–Trinajstić information content (AvgIpc) is 3.62. The number of nitrogens with one attached hydrogen (secondary N) is 2. The Labute approximate surface area is 219 Å². The molecule has 198 valence electrons. The molecule has 2 atom stereocenters. The van der Waals surface area contributed by atoms with Crippen molar-refractivity contribution >= 4 is 55.4 Å². The molecule has 2 N–H and O–H groups in total. The van der Waals surface area contributed by atoms with Crippen molar-refractivity contribution in [3.8, 4) is 0 Å². The van der Waals surface area contributed by atoms with E-state index in [2.05, 4.69) is 15.0 Å². The van der Waals surface area contributed by atoms with Crippen LogP contribution in [0.5, 0.6) is 0 Å². The molecule has 0 saturated carbocycles. The quantitative estimate of drug-likeness (QED) is 0.352. The van der Waals surface area contributed by atoms with Crippen molar-refractivity contribution < 1.29 is 27.5 Å². The summed E-state index contributed by atoms with van der Waals surface area (Å²) in [6, 6.07) is 9.01. The number of nitrogens with zero attached hydrogens (tertiary/aromatic N) is 3. The van der Waals surface area contributed by atoms with E-state index in [1.165, 1.54) is 11.3 Å². The molecule has 1 saturated heterocycles. The van der Waals surface area contributed by atoms with Crippen LogP contribution in [0.15, 0.2) is 41.9 Å². The first kappa shape index (κ1) is 24.8. The van der Waals surface area contributed by atoms with Gasteiger partial charge in [-0.05, 0) is 49.9 Å². The number of halogens is 3. The van der Waals surface area contributed by atoms with E-state index in [0.29, 0.717) is 30.8 Å². The molecule has 0 spiro atoms. The number of aromatic amines is 1. The number of benzene rings is 1. The molecule has 3 aromatic heterocycles. The van der Waals surface area contributed by atoms with Crippen molar-refractivity contribution in [2.45, 2.75) is 31.8 Å². The van der Waals surface area contributed by atoms with Gasteiger partial charge in [-0.3, -0.25) is 24.3 Å². The standard InChI is InChI=1S/C26H24F3N5O3S/c1-33-8-6-14(10-15(33)13-37-26(27,28)29)12-34-19-5-3-2-4-17(19)22(32-34)21-20(23(35)31-24(21)36)18-11-30-25-16(18)7-9-38-25/h2-5,7,9,11,14-15,30H,6,8,10,12-13H2,1H3,(H,31,35,36). The lowest BCUT2D eigenvalue weighted by Crippen LogP contribution is -2.44. The van der Waals surface area contributed by atoms with E-state index in [1.54, 1.807) is 17.9 Å². The maximum atomic E-state index is 13.1. The minimum Gasteiger partial charge on any atom is -0.352 e. The van der Waals surface area contributed by atoms with E-state index in [9.17, 15) is 22.8 Å². The third-order valence-electron chi connectivity index (χ3n) is 7.39. The van der Waals surface area contributed by atoms with Gasteiger partial charge in [0, 0.05) is 35.1 Å². The topological polar surface area (TPSA) is 92.3 Å². The lowest BCUT2D eigenvalue weighted by Gasteiger charge is -2.37. The molecule has 12 heteroatoms. The van der Waals surface area contributed by atoms with Crippen LogP contribution in [0.1, 0.15) is 24.1 Å². The van der Waals surface area contributed by atoms with E-state index in [0.717, 1.165) is 27.5 Å². The van der Waals surface area contributed by atoms with Gasteiger partial charge in [-0.2, -0.15) is 5.10 Å². The van der Waals surface area contributed by atoms with Gasteiger partial charge in [-0.15, -0.1) is 24.5 Å². The molecule has 2 amide bonds. The third-order valence-corrected chi connectivity index (χ3v) is 8.23. The number of amides is 2. The fourth-order valence-electron chi connectivity index (χ4n) is 5.49. The van der Waals surface area contributed by atoms with Crippen LogP contribution in [0.4, 0.5) is 13.2 Å². The molecular formula is C26H24F3N5O3S. The Morgan fingerprint density at radius 3 is 2.74 bits per heavy atom. The Morgan fingerprint density at radius 1 is 1.13 bits per heavy atom. The summed E-state index contributed by atoms with van der Waals surface area (Å²) < 4.78 is 43.9. The molecule has 2 unspecified atom stereocenters. The fourth-order valence-corrected chi connectivity index (χ4v) is 6.26. The number of aromatic nitrogens is 3. The first-order chi connectivity index (χ1) is 18.2. The number of alkyl halides is 3. The maximum absolute atomic E-state index is 13.1. The van der Waals surface area contributed by atoms with Gasteiger partial charge in [0.1, 0.15) is 10.5 Å². The fraction of sp³-hybridized carbons (Fsp3) is 0.346. The van der Waals surface area contributed by atoms with Gasteiger partial charge in [-0.1, -0.05) is 18.2 Å². The molecule has 6 rings (SSSR count). The van der Waals surface area contributed by atoms with Gasteiger partial charge in [0.25, 0.3) is 11.8 Å². The zero-order valence-electron chi connectivity index (χ0n) is 20.3. The molecule has 38 heavy (non-hydrogen) atoms. The van der Waals surface area contributed by atoms with E-state index in [-0.39, 0.29) is 23.1 Å². The summed E-state index contributed by atoms with van der Waals surface area (Å²) >= 11 is 1.51. The van der Waals surface area contributed by atoms with Crippen molar-refractivity contribution in [3.05, 3.63) is 53.2 Å². The highest BCUT2D eigenvalue weighted by Crippen LogP contribution is 2.38. The molecule has 2 aliphatic rings. The Morgan fingerprint density at radius 2 is 1.92 bits per heavy atom. The molecule has 0 aliphatic carbocycles. The minimum atomic E-state index is -4.67. The lowest BCUT2D eigenvalue weighted by molar-refractivity contribution is -0.329. The number of hydrogen-bond acceptors (Lipinski definition) is 6. The van der Waals surface area contributed by atoms with Gasteiger partial charge in [0.05, 0.1) is 23.3 Å². The van der Waals surface area contributed by atoms with Crippen molar-refractivity contribution in [3.63, 3.8) is 0 Å². The van der Waals surface area contributed by atoms with Crippen LogP contribution in [0, 0.1) is 5.92 Å². The number of H-pyrrole nitrogens is 1. The summed E-state index contributed by atoms with van der Waals surface area (Å²) in [5.74, 6) is -0.918. The molecule has 2 aliphatic heterocycles. The predicted octanol–water partition coefficient (Wildman–Crippen LogP) is 4.39. The normalized spacial score (nSPS) is 21.3. The van der Waals surface area contributed by atoms with Crippen LogP contribution in [0.3, 0.4) is 0 Å². The molecule has 5 heterocycles. The second kappa shape index (κ2) is 9.37. The monoisotopic (exact) mass is 543 g/mol. The van der Waals surface area contributed by atoms with Crippen LogP contribution >= 0.6 is 11.3 Å². The van der Waals surface area contributed by atoms with Crippen LogP contribution in [-0.2, 0) is 20.9 Å². The first-order valence-corrected chi connectivity index (χ1v) is 13.1. The lowest BCUT2D eigenvalue weighted by atomic mass is 9.91. The second-order valence-corrected chi connectivity index (χ2v) is 10.6. The van der Waals surface area contributed by atoms with Crippen LogP contribution in [0.25, 0.3) is 32.3 Å². The number of carbonyl (C=O) groups excluding carboxylic acids is 2. The van der Waals surface area contributed by atoms with Gasteiger partial charge in [0.2, 0.25) is 0 Å². The Hall–Kier alpha value is -3.48. The summed E-state index contributed by atoms with van der Waals surface area (Å²) in [6.45, 7) is 0.681. The van der Waals surface area contributed by atoms with E-state index in [4.69, 9.17) is 5.10 Å². The Balaban J connectivity index is 1.37. The van der Waals surface area contributed by atoms with Gasteiger partial charge >= 0.3 is 6.36 Å². The zero-order chi connectivity index (χ0) is 26.6. The average molecular weight is 544 g/mol.